The number of amides is 2. The van der Waals surface area contributed by atoms with E-state index in [0.717, 1.165) is 22.4 Å². The first-order valence-electron chi connectivity index (χ1n) is 10.7. The predicted molar refractivity (Wildman–Crippen MR) is 145 cm³/mol. The predicted octanol–water partition coefficient (Wildman–Crippen LogP) is 6.70. The number of ether oxygens (including phenoxy) is 1. The Hall–Kier alpha value is -3.41. The number of hydrogen-bond donors (Lipinski definition) is 2. The van der Waals surface area contributed by atoms with Gasteiger partial charge in [-0.25, -0.2) is 0 Å². The van der Waals surface area contributed by atoms with Crippen molar-refractivity contribution in [3.63, 3.8) is 0 Å². The van der Waals surface area contributed by atoms with E-state index in [1.165, 1.54) is 6.08 Å². The van der Waals surface area contributed by atoms with Gasteiger partial charge >= 0.3 is 0 Å². The number of aryl methyl sites for hydroxylation is 2. The maximum Gasteiger partial charge on any atom is 0.266 e. The third kappa shape index (κ3) is 6.81. The van der Waals surface area contributed by atoms with E-state index in [4.69, 9.17) is 4.74 Å². The number of hydrogen-bond acceptors (Lipinski definition) is 4. The quantitative estimate of drug-likeness (QED) is 0.234. The van der Waals surface area contributed by atoms with Gasteiger partial charge in [-0.05, 0) is 105 Å². The van der Waals surface area contributed by atoms with Crippen LogP contribution in [0.4, 0.5) is 11.4 Å². The maximum absolute atomic E-state index is 12.6. The summed E-state index contributed by atoms with van der Waals surface area (Å²) in [5.41, 5.74) is 4.92. The van der Waals surface area contributed by atoms with Crippen molar-refractivity contribution in [3.05, 3.63) is 91.4 Å². The van der Waals surface area contributed by atoms with Crippen LogP contribution in [0.3, 0.4) is 0 Å². The first-order chi connectivity index (χ1) is 16.7. The first-order valence-corrected chi connectivity index (χ1v) is 12.2. The molecule has 35 heavy (non-hydrogen) atoms. The van der Waals surface area contributed by atoms with Crippen LogP contribution in [0.5, 0.6) is 5.75 Å². The number of nitriles is 1. The zero-order valence-corrected chi connectivity index (χ0v) is 22.6. The summed E-state index contributed by atoms with van der Waals surface area (Å²) in [7, 11) is 0. The number of nitrogens with zero attached hydrogens (tertiary/aromatic N) is 1. The second kappa shape index (κ2) is 11.8. The molecule has 2 N–H and O–H groups in total. The molecule has 3 rings (SSSR count). The van der Waals surface area contributed by atoms with Crippen molar-refractivity contribution in [3.8, 4) is 11.8 Å². The molecule has 2 amide bonds. The van der Waals surface area contributed by atoms with Crippen LogP contribution in [0, 0.1) is 32.1 Å². The summed E-state index contributed by atoms with van der Waals surface area (Å²) < 4.78 is 6.86. The van der Waals surface area contributed by atoms with Crippen LogP contribution in [0.1, 0.15) is 22.3 Å². The largest absolute Gasteiger partial charge is 0.481 e. The first kappa shape index (κ1) is 26.2. The fourth-order valence-corrected chi connectivity index (χ4v) is 4.68. The number of para-hydroxylation sites is 1. The Morgan fingerprint density at radius 2 is 1.57 bits per heavy atom. The van der Waals surface area contributed by atoms with Crippen LogP contribution in [-0.2, 0) is 9.59 Å². The molecule has 178 valence electrons. The van der Waals surface area contributed by atoms with E-state index in [2.05, 4.69) is 42.5 Å². The monoisotopic (exact) mass is 595 g/mol. The number of carbonyl (C=O) groups is 2. The number of halogens is 2. The van der Waals surface area contributed by atoms with E-state index in [-0.39, 0.29) is 18.1 Å². The molecule has 0 fully saturated rings. The lowest BCUT2D eigenvalue weighted by Gasteiger charge is -2.13. The molecule has 0 aliphatic carbocycles. The standard InChI is InChI=1S/C27H23Br2N3O3/c1-16-8-6-10-24(18(16)3)31-25(33)15-35-26-21(28)12-19(13-22(26)29)11-20(14-30)27(34)32-23-9-5-4-7-17(23)2/h4-13H,15H2,1-3H3,(H,31,33)(H,32,34)/b20-11-. The van der Waals surface area contributed by atoms with Crippen LogP contribution in [0.25, 0.3) is 6.08 Å². The van der Waals surface area contributed by atoms with Gasteiger partial charge in [-0.3, -0.25) is 9.59 Å². The average molecular weight is 597 g/mol. The van der Waals surface area contributed by atoms with Gasteiger partial charge in [-0.1, -0.05) is 30.3 Å². The number of carbonyl (C=O) groups excluding carboxylic acids is 2. The van der Waals surface area contributed by atoms with Crippen molar-refractivity contribution in [1.29, 1.82) is 5.26 Å². The topological polar surface area (TPSA) is 91.2 Å². The molecule has 0 spiro atoms. The van der Waals surface area contributed by atoms with Gasteiger partial charge in [0.05, 0.1) is 8.95 Å². The van der Waals surface area contributed by atoms with Crippen LogP contribution >= 0.6 is 31.9 Å². The molecule has 0 aliphatic heterocycles. The zero-order valence-electron chi connectivity index (χ0n) is 19.4. The van der Waals surface area contributed by atoms with Crippen molar-refractivity contribution < 1.29 is 14.3 Å². The number of benzene rings is 3. The summed E-state index contributed by atoms with van der Waals surface area (Å²) in [5.74, 6) is -0.361. The van der Waals surface area contributed by atoms with E-state index >= 15 is 0 Å². The minimum Gasteiger partial charge on any atom is -0.481 e. The van der Waals surface area contributed by atoms with Gasteiger partial charge in [-0.2, -0.15) is 5.26 Å². The second-order valence-electron chi connectivity index (χ2n) is 7.84. The summed E-state index contributed by atoms with van der Waals surface area (Å²) in [6.07, 6.45) is 1.49. The molecule has 3 aromatic carbocycles. The van der Waals surface area contributed by atoms with Gasteiger partial charge in [0.2, 0.25) is 0 Å². The minimum absolute atomic E-state index is 0.0476. The SMILES string of the molecule is Cc1ccccc1NC(=O)/C(C#N)=C\c1cc(Br)c(OCC(=O)Nc2cccc(C)c2C)c(Br)c1. The molecule has 0 aliphatic rings. The Balaban J connectivity index is 1.71. The third-order valence-electron chi connectivity index (χ3n) is 5.32. The summed E-state index contributed by atoms with van der Waals surface area (Å²) in [5, 5.41) is 15.1. The van der Waals surface area contributed by atoms with Crippen LogP contribution in [0.2, 0.25) is 0 Å². The minimum atomic E-state index is -0.502. The highest BCUT2D eigenvalue weighted by Crippen LogP contribution is 2.35. The van der Waals surface area contributed by atoms with Crippen LogP contribution in [0.15, 0.2) is 69.1 Å². The number of nitrogens with one attached hydrogen (secondary N) is 2. The maximum atomic E-state index is 12.6. The van der Waals surface area contributed by atoms with E-state index in [1.54, 1.807) is 18.2 Å². The van der Waals surface area contributed by atoms with Crippen molar-refractivity contribution in [2.75, 3.05) is 17.2 Å². The van der Waals surface area contributed by atoms with Crippen molar-refractivity contribution in [2.45, 2.75) is 20.8 Å². The molecule has 0 radical (unpaired) electrons. The lowest BCUT2D eigenvalue weighted by Crippen LogP contribution is -2.21. The summed E-state index contributed by atoms with van der Waals surface area (Å²) in [4.78, 5) is 25.0. The van der Waals surface area contributed by atoms with Gasteiger partial charge < -0.3 is 15.4 Å². The lowest BCUT2D eigenvalue weighted by atomic mass is 10.1. The Morgan fingerprint density at radius 1 is 0.943 bits per heavy atom. The highest BCUT2D eigenvalue weighted by atomic mass is 79.9. The summed E-state index contributed by atoms with van der Waals surface area (Å²) in [6, 6.07) is 18.4. The Labute approximate surface area is 221 Å². The fraction of sp³-hybridized carbons (Fsp3) is 0.148. The smallest absolute Gasteiger partial charge is 0.266 e. The highest BCUT2D eigenvalue weighted by molar-refractivity contribution is 9.11. The van der Waals surface area contributed by atoms with Crippen molar-refractivity contribution in [1.82, 2.24) is 0 Å². The Morgan fingerprint density at radius 3 is 2.23 bits per heavy atom. The molecule has 0 atom stereocenters. The molecular weight excluding hydrogens is 574 g/mol. The molecule has 0 saturated heterocycles. The highest BCUT2D eigenvalue weighted by Gasteiger charge is 2.15. The van der Waals surface area contributed by atoms with Gasteiger partial charge in [0.25, 0.3) is 11.8 Å². The Kier molecular flexibility index (Phi) is 8.85. The van der Waals surface area contributed by atoms with Gasteiger partial charge in [0, 0.05) is 11.4 Å². The molecular formula is C27H23Br2N3O3. The summed E-state index contributed by atoms with van der Waals surface area (Å²) in [6.45, 7) is 5.61. The zero-order chi connectivity index (χ0) is 25.5. The number of anilines is 2. The average Bonchev–Trinajstić information content (AvgIpc) is 2.81. The van der Waals surface area contributed by atoms with Gasteiger partial charge in [-0.15, -0.1) is 0 Å². The molecule has 0 aromatic heterocycles. The molecule has 8 heteroatoms. The summed E-state index contributed by atoms with van der Waals surface area (Å²) >= 11 is 6.90. The lowest BCUT2D eigenvalue weighted by molar-refractivity contribution is -0.118. The molecule has 3 aromatic rings. The van der Waals surface area contributed by atoms with Crippen molar-refractivity contribution >= 4 is 61.1 Å². The van der Waals surface area contributed by atoms with Gasteiger partial charge in [0.1, 0.15) is 17.4 Å². The van der Waals surface area contributed by atoms with E-state index in [9.17, 15) is 14.9 Å². The molecule has 0 unspecified atom stereocenters. The second-order valence-corrected chi connectivity index (χ2v) is 9.55. The molecule has 0 heterocycles. The van der Waals surface area contributed by atoms with E-state index < -0.39 is 5.91 Å². The Bertz CT molecular complexity index is 1340. The van der Waals surface area contributed by atoms with Gasteiger partial charge in [0.15, 0.2) is 6.61 Å². The normalized spacial score (nSPS) is 10.9. The third-order valence-corrected chi connectivity index (χ3v) is 6.49. The van der Waals surface area contributed by atoms with E-state index in [0.29, 0.717) is 25.9 Å². The molecule has 0 saturated carbocycles. The van der Waals surface area contributed by atoms with Crippen LogP contribution < -0.4 is 15.4 Å². The number of rotatable bonds is 7. The fourth-order valence-electron chi connectivity index (χ4n) is 3.23. The molecule has 0 bridgehead atoms. The van der Waals surface area contributed by atoms with E-state index in [1.807, 2.05) is 63.2 Å². The van der Waals surface area contributed by atoms with Crippen LogP contribution in [-0.4, -0.2) is 18.4 Å². The van der Waals surface area contributed by atoms with Crippen molar-refractivity contribution in [2.24, 2.45) is 0 Å². The molecule has 6 nitrogen and oxygen atoms in total.